The van der Waals surface area contributed by atoms with Gasteiger partial charge in [-0.15, -0.1) is 0 Å². The predicted octanol–water partition coefficient (Wildman–Crippen LogP) is 3.08. The van der Waals surface area contributed by atoms with Crippen LogP contribution in [-0.2, 0) is 9.47 Å². The van der Waals surface area contributed by atoms with E-state index in [1.165, 1.54) is 38.5 Å². The summed E-state index contributed by atoms with van der Waals surface area (Å²) in [4.78, 5) is 2.69. The zero-order valence-corrected chi connectivity index (χ0v) is 12.8. The molecule has 0 aliphatic heterocycles. The molecule has 3 heteroatoms. The summed E-state index contributed by atoms with van der Waals surface area (Å²) in [5, 5.41) is 0. The van der Waals surface area contributed by atoms with Crippen LogP contribution >= 0.6 is 0 Å². The van der Waals surface area contributed by atoms with Gasteiger partial charge in [-0.25, -0.2) is 0 Å². The maximum atomic E-state index is 5.58. The van der Waals surface area contributed by atoms with Crippen LogP contribution in [-0.4, -0.2) is 50.0 Å². The highest BCUT2D eigenvalue weighted by molar-refractivity contribution is 4.99. The maximum absolute atomic E-state index is 5.58. The molecule has 3 nitrogen and oxygen atoms in total. The molecule has 3 rings (SSSR count). The van der Waals surface area contributed by atoms with Gasteiger partial charge in [-0.1, -0.05) is 0 Å². The Morgan fingerprint density at radius 2 is 1.37 bits per heavy atom. The lowest BCUT2D eigenvalue weighted by atomic mass is 9.65. The monoisotopic (exact) mass is 269 g/mol. The lowest BCUT2D eigenvalue weighted by Crippen LogP contribution is -2.55. The Kier molecular flexibility index (Phi) is 6.11. The summed E-state index contributed by atoms with van der Waals surface area (Å²) in [5.41, 5.74) is 0.475. The molecule has 0 saturated heterocycles. The summed E-state index contributed by atoms with van der Waals surface area (Å²) in [5.74, 6) is 1.03. The van der Waals surface area contributed by atoms with Gasteiger partial charge in [-0.3, -0.25) is 4.90 Å². The average Bonchev–Trinajstić information content (AvgIpc) is 2.48. The molecule has 2 bridgehead atoms. The molecule has 0 atom stereocenters. The molecule has 0 spiro atoms. The van der Waals surface area contributed by atoms with Gasteiger partial charge in [-0.2, -0.15) is 0 Å². The van der Waals surface area contributed by atoms with Crippen molar-refractivity contribution in [3.63, 3.8) is 0 Å². The van der Waals surface area contributed by atoms with Crippen LogP contribution in [0.2, 0.25) is 0 Å². The van der Waals surface area contributed by atoms with E-state index < -0.39 is 0 Å². The first-order valence-electron chi connectivity index (χ1n) is 8.21. The lowest BCUT2D eigenvalue weighted by Gasteiger charge is -2.53. The first-order valence-corrected chi connectivity index (χ1v) is 8.21. The zero-order chi connectivity index (χ0) is 13.6. The normalized spacial score (nSPS) is 30.2. The molecule has 19 heavy (non-hydrogen) atoms. The first kappa shape index (κ1) is 15.3. The minimum atomic E-state index is 0.475. The van der Waals surface area contributed by atoms with Crippen molar-refractivity contribution < 1.29 is 9.47 Å². The summed E-state index contributed by atoms with van der Waals surface area (Å²) in [6, 6.07) is 0. The van der Waals surface area contributed by atoms with Gasteiger partial charge in [0.15, 0.2) is 0 Å². The van der Waals surface area contributed by atoms with Gasteiger partial charge in [0.05, 0.1) is 13.2 Å². The maximum Gasteiger partial charge on any atom is 0.0593 e. The van der Waals surface area contributed by atoms with Crippen LogP contribution in [0.15, 0.2) is 0 Å². The third kappa shape index (κ3) is 3.93. The van der Waals surface area contributed by atoms with Crippen molar-refractivity contribution in [3.05, 3.63) is 0 Å². The van der Waals surface area contributed by atoms with Gasteiger partial charge in [0.1, 0.15) is 0 Å². The fourth-order valence-corrected chi connectivity index (χ4v) is 3.93. The van der Waals surface area contributed by atoms with Gasteiger partial charge in [0.2, 0.25) is 0 Å². The van der Waals surface area contributed by atoms with Crippen LogP contribution in [0.1, 0.15) is 52.4 Å². The van der Waals surface area contributed by atoms with Gasteiger partial charge < -0.3 is 9.47 Å². The molecule has 112 valence electrons. The molecular formula is C16H31NO2. The van der Waals surface area contributed by atoms with Crippen molar-refractivity contribution in [2.75, 3.05) is 39.5 Å². The molecule has 0 amide bonds. The second-order valence-electron chi connectivity index (χ2n) is 6.09. The van der Waals surface area contributed by atoms with Crippen LogP contribution in [0.3, 0.4) is 0 Å². The molecule has 0 radical (unpaired) electrons. The third-order valence-electron chi connectivity index (χ3n) is 5.14. The summed E-state index contributed by atoms with van der Waals surface area (Å²) in [6.07, 6.45) is 8.53. The SMILES string of the molecule is CCOCCN(CCOCC)C12CCC(CC1)CC2. The Bertz CT molecular complexity index is 225. The molecule has 3 saturated carbocycles. The Balaban J connectivity index is 1.90. The molecule has 3 aliphatic rings. The standard InChI is InChI=1S/C16H31NO2/c1-3-18-13-11-17(12-14-19-4-2)16-8-5-15(6-9-16)7-10-16/h15H,3-14H2,1-2H3. The average molecular weight is 269 g/mol. The summed E-state index contributed by atoms with van der Waals surface area (Å²) >= 11 is 0. The fraction of sp³-hybridized carbons (Fsp3) is 1.00. The van der Waals surface area contributed by atoms with Crippen LogP contribution < -0.4 is 0 Å². The second-order valence-corrected chi connectivity index (χ2v) is 6.09. The highest BCUT2D eigenvalue weighted by Crippen LogP contribution is 2.47. The Hall–Kier alpha value is -0.120. The van der Waals surface area contributed by atoms with Gasteiger partial charge in [0, 0.05) is 31.8 Å². The lowest BCUT2D eigenvalue weighted by molar-refractivity contribution is -0.0387. The van der Waals surface area contributed by atoms with Crippen molar-refractivity contribution >= 4 is 0 Å². The van der Waals surface area contributed by atoms with E-state index in [2.05, 4.69) is 18.7 Å². The molecule has 0 aromatic rings. The zero-order valence-electron chi connectivity index (χ0n) is 12.8. The van der Waals surface area contributed by atoms with E-state index in [4.69, 9.17) is 9.47 Å². The molecule has 3 fully saturated rings. The van der Waals surface area contributed by atoms with E-state index in [-0.39, 0.29) is 0 Å². The highest BCUT2D eigenvalue weighted by Gasteiger charge is 2.43. The molecule has 3 aliphatic carbocycles. The van der Waals surface area contributed by atoms with Gasteiger partial charge in [0.25, 0.3) is 0 Å². The van der Waals surface area contributed by atoms with E-state index in [0.29, 0.717) is 5.54 Å². The van der Waals surface area contributed by atoms with Crippen LogP contribution in [0.25, 0.3) is 0 Å². The van der Waals surface area contributed by atoms with Crippen LogP contribution in [0.4, 0.5) is 0 Å². The molecule has 0 heterocycles. The summed E-state index contributed by atoms with van der Waals surface area (Å²) in [7, 11) is 0. The minimum Gasteiger partial charge on any atom is -0.380 e. The Morgan fingerprint density at radius 3 is 1.79 bits per heavy atom. The second kappa shape index (κ2) is 7.61. The largest absolute Gasteiger partial charge is 0.380 e. The number of nitrogens with zero attached hydrogens (tertiary/aromatic N) is 1. The topological polar surface area (TPSA) is 21.7 Å². The van der Waals surface area contributed by atoms with Crippen molar-refractivity contribution in [2.45, 2.75) is 57.9 Å². The molecule has 0 N–H and O–H groups in total. The number of hydrogen-bond donors (Lipinski definition) is 0. The van der Waals surface area contributed by atoms with Crippen molar-refractivity contribution in [2.24, 2.45) is 5.92 Å². The van der Waals surface area contributed by atoms with E-state index in [1.807, 2.05) is 0 Å². The summed E-state index contributed by atoms with van der Waals surface area (Å²) < 4.78 is 11.2. The van der Waals surface area contributed by atoms with Gasteiger partial charge >= 0.3 is 0 Å². The van der Waals surface area contributed by atoms with Crippen LogP contribution in [0.5, 0.6) is 0 Å². The number of rotatable bonds is 9. The van der Waals surface area contributed by atoms with Gasteiger partial charge in [-0.05, 0) is 58.3 Å². The Labute approximate surface area is 118 Å². The smallest absolute Gasteiger partial charge is 0.0593 e. The van der Waals surface area contributed by atoms with Crippen molar-refractivity contribution in [1.29, 1.82) is 0 Å². The molecule has 0 unspecified atom stereocenters. The minimum absolute atomic E-state index is 0.475. The van der Waals surface area contributed by atoms with E-state index in [0.717, 1.165) is 45.4 Å². The number of fused-ring (bicyclic) bond motifs is 3. The quantitative estimate of drug-likeness (QED) is 0.600. The van der Waals surface area contributed by atoms with E-state index in [1.54, 1.807) is 0 Å². The molecule has 0 aromatic heterocycles. The third-order valence-corrected chi connectivity index (χ3v) is 5.14. The number of ether oxygens (including phenoxy) is 2. The van der Waals surface area contributed by atoms with Crippen LogP contribution in [0, 0.1) is 5.92 Å². The number of hydrogen-bond acceptors (Lipinski definition) is 3. The first-order chi connectivity index (χ1) is 9.30. The van der Waals surface area contributed by atoms with E-state index in [9.17, 15) is 0 Å². The van der Waals surface area contributed by atoms with Crippen molar-refractivity contribution in [1.82, 2.24) is 4.90 Å². The van der Waals surface area contributed by atoms with E-state index >= 15 is 0 Å². The highest BCUT2D eigenvalue weighted by atomic mass is 16.5. The van der Waals surface area contributed by atoms with Crippen molar-refractivity contribution in [3.8, 4) is 0 Å². The molecular weight excluding hydrogens is 238 g/mol. The molecule has 0 aromatic carbocycles. The summed E-state index contributed by atoms with van der Waals surface area (Å²) in [6.45, 7) is 9.70. The Morgan fingerprint density at radius 1 is 0.895 bits per heavy atom. The fourth-order valence-electron chi connectivity index (χ4n) is 3.93. The predicted molar refractivity (Wildman–Crippen MR) is 78.5 cm³/mol.